The molecule has 0 unspecified atom stereocenters. The molecule has 1 aliphatic rings. The smallest absolute Gasteiger partial charge is 0.273 e. The van der Waals surface area contributed by atoms with Gasteiger partial charge >= 0.3 is 0 Å². The Hall–Kier alpha value is 0.120. The molecule has 17 heavy (non-hydrogen) atoms. The Morgan fingerprint density at radius 3 is 2.59 bits per heavy atom. The highest BCUT2D eigenvalue weighted by atomic mass is 79.9. The second kappa shape index (κ2) is 5.01. The van der Waals surface area contributed by atoms with E-state index in [9.17, 15) is 10.1 Å². The standard InChI is InChI=1S/C10H11Br3N2O2/c1-5-8(4-11)15(17)10-7(13)3-2-6(12)9(10)14(5)16/h6-7H,2-4H2,1H3/t6-,7+/m1/s1. The zero-order chi connectivity index (χ0) is 12.7. The molecule has 1 aromatic heterocycles. The topological polar surface area (TPSA) is 51.0 Å². The highest BCUT2D eigenvalue weighted by Crippen LogP contribution is 2.43. The molecule has 0 aromatic carbocycles. The maximum Gasteiger partial charge on any atom is 0.273 e. The molecule has 2 atom stereocenters. The first kappa shape index (κ1) is 13.5. The molecule has 94 valence electrons. The minimum Gasteiger partial charge on any atom is -0.805 e. The third kappa shape index (κ3) is 2.10. The third-order valence-corrected chi connectivity index (χ3v) is 5.38. The summed E-state index contributed by atoms with van der Waals surface area (Å²) in [6.07, 6.45) is 1.69. The van der Waals surface area contributed by atoms with Crippen LogP contribution >= 0.6 is 47.8 Å². The van der Waals surface area contributed by atoms with Gasteiger partial charge in [0.1, 0.15) is 10.5 Å². The second-order valence-corrected chi connectivity index (χ2v) is 6.81. The number of hydrogen-bond acceptors (Lipinski definition) is 2. The van der Waals surface area contributed by atoms with Gasteiger partial charge in [0.05, 0.1) is 20.3 Å². The van der Waals surface area contributed by atoms with Crippen LogP contribution in [-0.2, 0) is 5.33 Å². The summed E-state index contributed by atoms with van der Waals surface area (Å²) in [5.41, 5.74) is 2.01. The Morgan fingerprint density at radius 1 is 1.41 bits per heavy atom. The maximum atomic E-state index is 12.3. The van der Waals surface area contributed by atoms with Gasteiger partial charge in [-0.25, -0.2) is 0 Å². The molecule has 4 nitrogen and oxygen atoms in total. The van der Waals surface area contributed by atoms with Gasteiger partial charge in [0.2, 0.25) is 0 Å². The fraction of sp³-hybridized carbons (Fsp3) is 0.600. The fourth-order valence-corrected chi connectivity index (χ4v) is 4.09. The van der Waals surface area contributed by atoms with E-state index in [1.165, 1.54) is 0 Å². The van der Waals surface area contributed by atoms with Crippen molar-refractivity contribution in [2.75, 3.05) is 0 Å². The van der Waals surface area contributed by atoms with Gasteiger partial charge in [-0.3, -0.25) is 0 Å². The summed E-state index contributed by atoms with van der Waals surface area (Å²) >= 11 is 10.2. The summed E-state index contributed by atoms with van der Waals surface area (Å²) in [5.74, 6) is 0. The highest BCUT2D eigenvalue weighted by Gasteiger charge is 2.36. The lowest BCUT2D eigenvalue weighted by Crippen LogP contribution is -2.35. The summed E-state index contributed by atoms with van der Waals surface area (Å²) in [5, 5.41) is 12.6. The number of rotatable bonds is 1. The Labute approximate surface area is 124 Å². The number of fused-ring (bicyclic) bond motifs is 1. The van der Waals surface area contributed by atoms with Crippen LogP contribution in [-0.4, -0.2) is 4.73 Å². The summed E-state index contributed by atoms with van der Waals surface area (Å²) < 4.78 is 1.77. The van der Waals surface area contributed by atoms with E-state index in [1.807, 2.05) is 0 Å². The number of alkyl halides is 3. The monoisotopic (exact) mass is 428 g/mol. The van der Waals surface area contributed by atoms with E-state index in [4.69, 9.17) is 0 Å². The summed E-state index contributed by atoms with van der Waals surface area (Å²) in [6, 6.07) is 0. The Balaban J connectivity index is 2.83. The normalized spacial score (nSPS) is 23.5. The van der Waals surface area contributed by atoms with Gasteiger partial charge in [-0.05, 0) is 19.8 Å². The molecule has 0 fully saturated rings. The largest absolute Gasteiger partial charge is 0.805 e. The van der Waals surface area contributed by atoms with Gasteiger partial charge in [0.15, 0.2) is 0 Å². The SMILES string of the molecule is Cc1c(CBr)[n+](=O)c2c(n1[O-])[C@H](Br)CC[C@@H]2Br. The number of aromatic nitrogens is 2. The lowest BCUT2D eigenvalue weighted by atomic mass is 9.99. The van der Waals surface area contributed by atoms with Crippen molar-refractivity contribution in [2.24, 2.45) is 0 Å². The van der Waals surface area contributed by atoms with Crippen molar-refractivity contribution < 1.29 is 4.43 Å². The van der Waals surface area contributed by atoms with Crippen molar-refractivity contribution in [1.29, 1.82) is 0 Å². The van der Waals surface area contributed by atoms with Crippen LogP contribution in [0.3, 0.4) is 0 Å². The van der Waals surface area contributed by atoms with Crippen LogP contribution in [0, 0.1) is 17.0 Å². The molecular formula is C10H11Br3N2O2. The lowest BCUT2D eigenvalue weighted by Gasteiger charge is -2.28. The zero-order valence-corrected chi connectivity index (χ0v) is 13.9. The molecule has 0 saturated heterocycles. The first-order valence-electron chi connectivity index (χ1n) is 5.21. The first-order valence-corrected chi connectivity index (χ1v) is 8.16. The molecule has 1 aliphatic carbocycles. The van der Waals surface area contributed by atoms with Crippen LogP contribution in [0.5, 0.6) is 0 Å². The molecule has 0 amide bonds. The van der Waals surface area contributed by atoms with Gasteiger partial charge < -0.3 is 9.94 Å². The summed E-state index contributed by atoms with van der Waals surface area (Å²) in [4.78, 5) is 12.2. The van der Waals surface area contributed by atoms with Crippen LogP contribution in [0.4, 0.5) is 0 Å². The van der Waals surface area contributed by atoms with Crippen LogP contribution < -0.4 is 4.43 Å². The number of hydrogen-bond donors (Lipinski definition) is 0. The molecule has 0 aliphatic heterocycles. The van der Waals surface area contributed by atoms with Crippen molar-refractivity contribution in [3.63, 3.8) is 0 Å². The maximum absolute atomic E-state index is 12.3. The van der Waals surface area contributed by atoms with Gasteiger partial charge in [0.25, 0.3) is 11.4 Å². The molecule has 0 spiro atoms. The van der Waals surface area contributed by atoms with Gasteiger partial charge in [-0.2, -0.15) is 0 Å². The van der Waals surface area contributed by atoms with Gasteiger partial charge in [-0.15, -0.1) is 0 Å². The van der Waals surface area contributed by atoms with Crippen molar-refractivity contribution in [3.05, 3.63) is 32.9 Å². The molecular weight excluding hydrogens is 420 g/mol. The zero-order valence-electron chi connectivity index (χ0n) is 9.12. The lowest BCUT2D eigenvalue weighted by molar-refractivity contribution is -0.516. The summed E-state index contributed by atoms with van der Waals surface area (Å²) in [7, 11) is 0. The number of nitrogens with zero attached hydrogens (tertiary/aromatic N) is 2. The van der Waals surface area contributed by atoms with E-state index in [0.29, 0.717) is 28.1 Å². The Bertz CT molecular complexity index is 515. The minimum absolute atomic E-state index is 0.0490. The first-order chi connectivity index (χ1) is 7.99. The van der Waals surface area contributed by atoms with Crippen LogP contribution in [0.1, 0.15) is 45.3 Å². The van der Waals surface area contributed by atoms with E-state index in [1.54, 1.807) is 6.92 Å². The van der Waals surface area contributed by atoms with Crippen LogP contribution in [0.15, 0.2) is 0 Å². The van der Waals surface area contributed by atoms with E-state index < -0.39 is 0 Å². The van der Waals surface area contributed by atoms with Crippen molar-refractivity contribution >= 4 is 47.8 Å². The second-order valence-electron chi connectivity index (χ2n) is 4.04. The van der Waals surface area contributed by atoms with Crippen molar-refractivity contribution in [3.8, 4) is 0 Å². The molecule has 1 heterocycles. The molecule has 0 radical (unpaired) electrons. The minimum atomic E-state index is -0.0533. The fourth-order valence-electron chi connectivity index (χ4n) is 2.09. The highest BCUT2D eigenvalue weighted by molar-refractivity contribution is 9.09. The average Bonchev–Trinajstić information content (AvgIpc) is 2.30. The summed E-state index contributed by atoms with van der Waals surface area (Å²) in [6.45, 7) is 1.68. The third-order valence-electron chi connectivity index (χ3n) is 3.06. The van der Waals surface area contributed by atoms with Gasteiger partial charge in [0, 0.05) is 4.91 Å². The van der Waals surface area contributed by atoms with Crippen molar-refractivity contribution in [2.45, 2.75) is 34.7 Å². The predicted molar refractivity (Wildman–Crippen MR) is 76.5 cm³/mol. The van der Waals surface area contributed by atoms with Crippen molar-refractivity contribution in [1.82, 2.24) is 4.73 Å². The van der Waals surface area contributed by atoms with E-state index >= 15 is 0 Å². The predicted octanol–water partition coefficient (Wildman–Crippen LogP) is 3.62. The quantitative estimate of drug-likeness (QED) is 0.504. The van der Waals surface area contributed by atoms with E-state index in [-0.39, 0.29) is 9.65 Å². The van der Waals surface area contributed by atoms with E-state index in [2.05, 4.69) is 47.8 Å². The number of halogens is 3. The van der Waals surface area contributed by atoms with Crippen LogP contribution in [0.25, 0.3) is 0 Å². The van der Waals surface area contributed by atoms with Crippen LogP contribution in [0.2, 0.25) is 0 Å². The Morgan fingerprint density at radius 2 is 2.00 bits per heavy atom. The van der Waals surface area contributed by atoms with E-state index in [0.717, 1.165) is 22.0 Å². The van der Waals surface area contributed by atoms with Gasteiger partial charge in [-0.1, -0.05) is 47.8 Å². The molecule has 1 aromatic rings. The molecule has 2 rings (SSSR count). The Kier molecular flexibility index (Phi) is 3.99. The molecule has 0 bridgehead atoms. The molecule has 7 heteroatoms. The molecule has 0 N–H and O–H groups in total. The molecule has 0 saturated carbocycles. The average molecular weight is 431 g/mol.